The van der Waals surface area contributed by atoms with Crippen LogP contribution in [0, 0.1) is 0 Å². The maximum Gasteiger partial charge on any atom is 0.336 e. The van der Waals surface area contributed by atoms with Gasteiger partial charge >= 0.3 is 11.9 Å². The second-order valence-corrected chi connectivity index (χ2v) is 8.98. The number of rotatable bonds is 4. The van der Waals surface area contributed by atoms with Crippen LogP contribution >= 0.6 is 46.4 Å². The van der Waals surface area contributed by atoms with E-state index in [1.165, 1.54) is 18.3 Å². The first-order valence-corrected chi connectivity index (χ1v) is 11.3. The fourth-order valence-corrected chi connectivity index (χ4v) is 4.74. The molecule has 1 aromatic heterocycles. The lowest BCUT2D eigenvalue weighted by atomic mass is 9.89. The molecule has 1 amide bonds. The quantitative estimate of drug-likeness (QED) is 0.446. The number of amides is 1. The minimum absolute atomic E-state index is 0.0235. The third-order valence-corrected chi connectivity index (χ3v) is 7.09. The first-order chi connectivity index (χ1) is 16.1. The average Bonchev–Trinajstić information content (AvgIpc) is 3.28. The predicted octanol–water partition coefficient (Wildman–Crippen LogP) is 5.05. The molecular formula is C22H15Cl4N3O5. The first kappa shape index (κ1) is 24.3. The van der Waals surface area contributed by atoms with E-state index in [0.29, 0.717) is 17.0 Å². The van der Waals surface area contributed by atoms with Gasteiger partial charge in [-0.2, -0.15) is 0 Å². The highest BCUT2D eigenvalue weighted by Crippen LogP contribution is 2.42. The molecule has 0 saturated heterocycles. The Balaban J connectivity index is 1.99. The zero-order valence-corrected chi connectivity index (χ0v) is 20.3. The van der Waals surface area contributed by atoms with Crippen molar-refractivity contribution in [2.45, 2.75) is 18.5 Å². The minimum atomic E-state index is -1.40. The Bertz CT molecular complexity index is 1330. The number of hydrogen-bond acceptors (Lipinski definition) is 5. The van der Waals surface area contributed by atoms with E-state index in [1.54, 1.807) is 18.2 Å². The van der Waals surface area contributed by atoms with Gasteiger partial charge in [0.25, 0.3) is 5.91 Å². The predicted molar refractivity (Wildman–Crippen MR) is 126 cm³/mol. The number of carboxylic acids is 1. The molecule has 4 rings (SSSR count). The van der Waals surface area contributed by atoms with Crippen LogP contribution in [0.15, 0.2) is 36.7 Å². The summed E-state index contributed by atoms with van der Waals surface area (Å²) in [5.74, 6) is -2.91. The van der Waals surface area contributed by atoms with Crippen molar-refractivity contribution in [2.75, 3.05) is 7.11 Å². The number of aromatic amines is 1. The Morgan fingerprint density at radius 1 is 1.09 bits per heavy atom. The van der Waals surface area contributed by atoms with Crippen LogP contribution < -0.4 is 0 Å². The van der Waals surface area contributed by atoms with Gasteiger partial charge in [-0.1, -0.05) is 58.5 Å². The molecule has 2 atom stereocenters. The highest BCUT2D eigenvalue weighted by atomic mass is 35.5. The van der Waals surface area contributed by atoms with Gasteiger partial charge in [0.2, 0.25) is 0 Å². The van der Waals surface area contributed by atoms with Crippen molar-refractivity contribution in [2.24, 2.45) is 0 Å². The van der Waals surface area contributed by atoms with Crippen molar-refractivity contribution in [3.63, 3.8) is 0 Å². The van der Waals surface area contributed by atoms with Crippen molar-refractivity contribution < 1.29 is 24.2 Å². The SMILES string of the molecule is COC(=O)[C@H]1Cc2nc[nH]c2C(c2cccc(Cl)c2Cl)N1C(=O)c1cc(Cl)c(Cl)cc1C(=O)O. The molecule has 2 heterocycles. The van der Waals surface area contributed by atoms with Crippen molar-refractivity contribution in [3.05, 3.63) is 84.8 Å². The van der Waals surface area contributed by atoms with E-state index in [1.807, 2.05) is 0 Å². The summed E-state index contributed by atoms with van der Waals surface area (Å²) in [7, 11) is 1.19. The van der Waals surface area contributed by atoms with Crippen molar-refractivity contribution in [1.82, 2.24) is 14.9 Å². The Morgan fingerprint density at radius 3 is 2.41 bits per heavy atom. The summed E-state index contributed by atoms with van der Waals surface area (Å²) in [5.41, 5.74) is 0.775. The molecule has 2 aromatic carbocycles. The second-order valence-electron chi connectivity index (χ2n) is 7.38. The number of esters is 1. The van der Waals surface area contributed by atoms with Gasteiger partial charge in [-0.15, -0.1) is 0 Å². The molecule has 0 fully saturated rings. The minimum Gasteiger partial charge on any atom is -0.478 e. The molecule has 0 saturated carbocycles. The Hall–Kier alpha value is -2.78. The van der Waals surface area contributed by atoms with Crippen LogP contribution in [0.4, 0.5) is 0 Å². The maximum atomic E-state index is 14.0. The number of aromatic nitrogens is 2. The third kappa shape index (κ3) is 4.11. The average molecular weight is 543 g/mol. The topological polar surface area (TPSA) is 113 Å². The number of nitrogens with one attached hydrogen (secondary N) is 1. The number of carbonyl (C=O) groups excluding carboxylic acids is 2. The van der Waals surface area contributed by atoms with Gasteiger partial charge in [0.05, 0.1) is 56.0 Å². The Morgan fingerprint density at radius 2 is 1.76 bits per heavy atom. The molecule has 8 nitrogen and oxygen atoms in total. The van der Waals surface area contributed by atoms with E-state index in [4.69, 9.17) is 51.1 Å². The van der Waals surface area contributed by atoms with E-state index < -0.39 is 29.9 Å². The van der Waals surface area contributed by atoms with Crippen molar-refractivity contribution in [3.8, 4) is 0 Å². The summed E-state index contributed by atoms with van der Waals surface area (Å²) in [5, 5.41) is 10.0. The summed E-state index contributed by atoms with van der Waals surface area (Å²) in [6.45, 7) is 0. The monoisotopic (exact) mass is 541 g/mol. The van der Waals surface area contributed by atoms with Gasteiger partial charge in [-0.3, -0.25) is 4.79 Å². The highest BCUT2D eigenvalue weighted by molar-refractivity contribution is 6.43. The molecule has 0 bridgehead atoms. The fourth-order valence-electron chi connectivity index (χ4n) is 4.00. The number of nitrogens with zero attached hydrogens (tertiary/aromatic N) is 2. The summed E-state index contributed by atoms with van der Waals surface area (Å²) >= 11 is 24.9. The van der Waals surface area contributed by atoms with E-state index >= 15 is 0 Å². The molecule has 176 valence electrons. The van der Waals surface area contributed by atoms with E-state index in [-0.39, 0.29) is 37.6 Å². The first-order valence-electron chi connectivity index (χ1n) is 9.74. The molecule has 1 aliphatic rings. The van der Waals surface area contributed by atoms with Gasteiger partial charge in [-0.25, -0.2) is 14.6 Å². The van der Waals surface area contributed by atoms with Crippen LogP contribution in [-0.2, 0) is 16.0 Å². The number of carboxylic acid groups (broad SMARTS) is 1. The van der Waals surface area contributed by atoms with Gasteiger partial charge in [-0.05, 0) is 18.2 Å². The van der Waals surface area contributed by atoms with Gasteiger partial charge in [0, 0.05) is 12.0 Å². The number of H-pyrrole nitrogens is 1. The van der Waals surface area contributed by atoms with Crippen molar-refractivity contribution in [1.29, 1.82) is 0 Å². The van der Waals surface area contributed by atoms with Gasteiger partial charge < -0.3 is 19.7 Å². The molecule has 12 heteroatoms. The molecule has 1 aliphatic heterocycles. The summed E-state index contributed by atoms with van der Waals surface area (Å²) in [6, 6.07) is 5.00. The van der Waals surface area contributed by atoms with Gasteiger partial charge in [0.15, 0.2) is 0 Å². The zero-order valence-electron chi connectivity index (χ0n) is 17.3. The molecule has 3 aromatic rings. The van der Waals surface area contributed by atoms with E-state index in [9.17, 15) is 19.5 Å². The normalized spacial score (nSPS) is 17.3. The third-order valence-electron chi connectivity index (χ3n) is 5.53. The summed E-state index contributed by atoms with van der Waals surface area (Å²) in [6.07, 6.45) is 1.45. The molecule has 2 N–H and O–H groups in total. The Labute approximate surface area is 213 Å². The van der Waals surface area contributed by atoms with Crippen LogP contribution in [0.5, 0.6) is 0 Å². The summed E-state index contributed by atoms with van der Waals surface area (Å²) in [4.78, 5) is 47.2. The number of ether oxygens (including phenoxy) is 1. The highest BCUT2D eigenvalue weighted by Gasteiger charge is 2.45. The number of fused-ring (bicyclic) bond motifs is 1. The smallest absolute Gasteiger partial charge is 0.336 e. The zero-order chi connectivity index (χ0) is 24.7. The number of carbonyl (C=O) groups is 3. The number of aromatic carboxylic acids is 1. The molecule has 34 heavy (non-hydrogen) atoms. The Kier molecular flexibility index (Phi) is 6.78. The second kappa shape index (κ2) is 9.46. The number of imidazole rings is 1. The largest absolute Gasteiger partial charge is 0.478 e. The molecule has 0 radical (unpaired) electrons. The summed E-state index contributed by atoms with van der Waals surface area (Å²) < 4.78 is 4.96. The number of methoxy groups -OCH3 is 1. The van der Waals surface area contributed by atoms with Gasteiger partial charge in [0.1, 0.15) is 12.1 Å². The standard InChI is InChI=1S/C22H15Cl4N3O5/c1-34-22(33)16-7-15-18(28-8-27-15)19(9-3-2-4-12(23)17(9)26)29(16)20(30)10-5-13(24)14(25)6-11(10)21(31)32/h2-6,8,16,19H,7H2,1H3,(H,27,28)(H,31,32)/t16-,19?/m1/s1. The molecule has 0 aliphatic carbocycles. The molecular weight excluding hydrogens is 528 g/mol. The number of halogens is 4. The lowest BCUT2D eigenvalue weighted by Gasteiger charge is -2.40. The van der Waals surface area contributed by atoms with Crippen LogP contribution in [0.1, 0.15) is 43.7 Å². The number of hydrogen-bond donors (Lipinski definition) is 2. The molecule has 0 spiro atoms. The van der Waals surface area contributed by atoms with E-state index in [0.717, 1.165) is 12.1 Å². The van der Waals surface area contributed by atoms with Crippen LogP contribution in [0.3, 0.4) is 0 Å². The lowest BCUT2D eigenvalue weighted by molar-refractivity contribution is -0.147. The fraction of sp³-hybridized carbons (Fsp3) is 0.182. The van der Waals surface area contributed by atoms with Crippen LogP contribution in [0.2, 0.25) is 20.1 Å². The maximum absolute atomic E-state index is 14.0. The lowest BCUT2D eigenvalue weighted by Crippen LogP contribution is -2.52. The van der Waals surface area contributed by atoms with Crippen molar-refractivity contribution >= 4 is 64.2 Å². The van der Waals surface area contributed by atoms with Crippen LogP contribution in [-0.4, -0.2) is 51.0 Å². The van der Waals surface area contributed by atoms with E-state index in [2.05, 4.69) is 9.97 Å². The number of benzene rings is 2. The molecule has 1 unspecified atom stereocenters. The van der Waals surface area contributed by atoms with Crippen LogP contribution in [0.25, 0.3) is 0 Å².